The molecule has 25 heavy (non-hydrogen) atoms. The highest BCUT2D eigenvalue weighted by Gasteiger charge is 2.48. The van der Waals surface area contributed by atoms with Crippen molar-refractivity contribution in [2.45, 2.75) is 11.8 Å². The number of benzene rings is 2. The van der Waals surface area contributed by atoms with Crippen LogP contribution in [0.1, 0.15) is 43.7 Å². The predicted octanol–water partition coefficient (Wildman–Crippen LogP) is 2.03. The molecule has 0 saturated carbocycles. The molecular formula is C18H12O7. The Hall–Kier alpha value is -3.48. The van der Waals surface area contributed by atoms with E-state index in [1.807, 2.05) is 0 Å². The zero-order valence-electron chi connectivity index (χ0n) is 12.7. The van der Waals surface area contributed by atoms with Gasteiger partial charge in [-0.05, 0) is 23.3 Å². The van der Waals surface area contributed by atoms with Gasteiger partial charge in [-0.15, -0.1) is 0 Å². The molecule has 1 aliphatic heterocycles. The first kappa shape index (κ1) is 16.4. The summed E-state index contributed by atoms with van der Waals surface area (Å²) in [5.41, 5.74) is -0.0685. The van der Waals surface area contributed by atoms with E-state index in [0.717, 1.165) is 0 Å². The van der Waals surface area contributed by atoms with Gasteiger partial charge in [0.15, 0.2) is 0 Å². The van der Waals surface area contributed by atoms with Crippen molar-refractivity contribution < 1.29 is 34.1 Å². The molecule has 0 unspecified atom stereocenters. The van der Waals surface area contributed by atoms with Crippen LogP contribution in [0.2, 0.25) is 0 Å². The van der Waals surface area contributed by atoms with Crippen molar-refractivity contribution >= 4 is 23.9 Å². The maximum Gasteiger partial charge on any atom is 0.335 e. The molecule has 1 fully saturated rings. The van der Waals surface area contributed by atoms with Gasteiger partial charge < -0.3 is 14.9 Å². The van der Waals surface area contributed by atoms with E-state index in [1.165, 1.54) is 48.5 Å². The Labute approximate surface area is 141 Å². The van der Waals surface area contributed by atoms with Gasteiger partial charge in [0.2, 0.25) is 0 Å². The average Bonchev–Trinajstić information content (AvgIpc) is 2.88. The van der Waals surface area contributed by atoms with E-state index < -0.39 is 35.7 Å². The fraction of sp³-hybridized carbons (Fsp3) is 0.111. The quantitative estimate of drug-likeness (QED) is 0.646. The van der Waals surface area contributed by atoms with Crippen molar-refractivity contribution in [3.63, 3.8) is 0 Å². The number of hydrogen-bond acceptors (Lipinski definition) is 5. The van der Waals surface area contributed by atoms with E-state index >= 15 is 0 Å². The summed E-state index contributed by atoms with van der Waals surface area (Å²) in [6.07, 6.45) is 0. The van der Waals surface area contributed by atoms with Gasteiger partial charge in [-0.3, -0.25) is 9.59 Å². The topological polar surface area (TPSA) is 118 Å². The van der Waals surface area contributed by atoms with E-state index in [0.29, 0.717) is 0 Å². The molecule has 1 saturated heterocycles. The first-order chi connectivity index (χ1) is 11.9. The minimum Gasteiger partial charge on any atom is -0.478 e. The SMILES string of the molecule is O=C(O)c1ccccc1[C@H]1C(=O)OC(=O)[C@@H]1c1ccccc1C(=O)O. The van der Waals surface area contributed by atoms with Crippen LogP contribution in [0.25, 0.3) is 0 Å². The molecule has 126 valence electrons. The third-order valence-electron chi connectivity index (χ3n) is 4.09. The van der Waals surface area contributed by atoms with E-state index in [2.05, 4.69) is 0 Å². The van der Waals surface area contributed by atoms with Gasteiger partial charge >= 0.3 is 23.9 Å². The summed E-state index contributed by atoms with van der Waals surface area (Å²) in [6, 6.07) is 11.5. The van der Waals surface area contributed by atoms with Crippen molar-refractivity contribution in [2.24, 2.45) is 0 Å². The second-order valence-electron chi connectivity index (χ2n) is 5.48. The van der Waals surface area contributed by atoms with Crippen LogP contribution in [0.3, 0.4) is 0 Å². The van der Waals surface area contributed by atoms with E-state index in [1.54, 1.807) is 0 Å². The number of carbonyl (C=O) groups is 4. The van der Waals surface area contributed by atoms with Crippen molar-refractivity contribution in [3.8, 4) is 0 Å². The van der Waals surface area contributed by atoms with Crippen LogP contribution in [0.15, 0.2) is 48.5 Å². The minimum atomic E-state index is -1.26. The molecule has 3 rings (SSSR count). The van der Waals surface area contributed by atoms with Crippen LogP contribution in [-0.2, 0) is 14.3 Å². The monoisotopic (exact) mass is 340 g/mol. The molecule has 2 aromatic rings. The zero-order chi connectivity index (χ0) is 18.1. The average molecular weight is 340 g/mol. The molecule has 2 aromatic carbocycles. The first-order valence-electron chi connectivity index (χ1n) is 7.31. The predicted molar refractivity (Wildman–Crippen MR) is 83.4 cm³/mol. The molecule has 7 nitrogen and oxygen atoms in total. The molecule has 0 radical (unpaired) electrons. The van der Waals surface area contributed by atoms with Crippen LogP contribution < -0.4 is 0 Å². The molecule has 0 amide bonds. The largest absolute Gasteiger partial charge is 0.478 e. The molecule has 2 N–H and O–H groups in total. The zero-order valence-corrected chi connectivity index (χ0v) is 12.7. The van der Waals surface area contributed by atoms with E-state index in [9.17, 15) is 29.4 Å². The molecule has 0 spiro atoms. The fourth-order valence-electron chi connectivity index (χ4n) is 3.04. The molecule has 0 aliphatic carbocycles. The summed E-state index contributed by atoms with van der Waals surface area (Å²) in [7, 11) is 0. The summed E-state index contributed by atoms with van der Waals surface area (Å²) in [5.74, 6) is -6.76. The van der Waals surface area contributed by atoms with Crippen molar-refractivity contribution in [1.82, 2.24) is 0 Å². The van der Waals surface area contributed by atoms with Crippen molar-refractivity contribution in [3.05, 3.63) is 70.8 Å². The standard InChI is InChI=1S/C18H12O7/c19-15(20)11-7-3-1-5-9(11)13-14(18(24)25-17(13)23)10-6-2-4-8-12(10)16(21)22/h1-8,13-14H,(H,19,20)(H,21,22)/t13-,14-/m1/s1. The molecular weight excluding hydrogens is 328 g/mol. The summed E-state index contributed by atoms with van der Waals surface area (Å²) in [4.78, 5) is 47.4. The highest BCUT2D eigenvalue weighted by Crippen LogP contribution is 2.42. The number of cyclic esters (lactones) is 2. The third-order valence-corrected chi connectivity index (χ3v) is 4.09. The Morgan fingerprint density at radius 3 is 1.44 bits per heavy atom. The lowest BCUT2D eigenvalue weighted by Crippen LogP contribution is -2.19. The lowest BCUT2D eigenvalue weighted by molar-refractivity contribution is -0.152. The second kappa shape index (κ2) is 6.20. The number of rotatable bonds is 4. The smallest absolute Gasteiger partial charge is 0.335 e. The van der Waals surface area contributed by atoms with Gasteiger partial charge in [0, 0.05) is 0 Å². The molecule has 2 atom stereocenters. The summed E-state index contributed by atoms with van der Waals surface area (Å²) in [5, 5.41) is 18.7. The van der Waals surface area contributed by atoms with Gasteiger partial charge in [-0.1, -0.05) is 36.4 Å². The maximum absolute atomic E-state index is 12.2. The third kappa shape index (κ3) is 2.76. The highest BCUT2D eigenvalue weighted by molar-refractivity contribution is 6.05. The molecule has 0 aromatic heterocycles. The highest BCUT2D eigenvalue weighted by atomic mass is 16.6. The van der Waals surface area contributed by atoms with Crippen LogP contribution in [0, 0.1) is 0 Å². The molecule has 0 bridgehead atoms. The van der Waals surface area contributed by atoms with Crippen molar-refractivity contribution in [2.75, 3.05) is 0 Å². The Balaban J connectivity index is 2.20. The van der Waals surface area contributed by atoms with E-state index in [-0.39, 0.29) is 22.3 Å². The minimum absolute atomic E-state index is 0.107. The number of aromatic carboxylic acids is 2. The first-order valence-corrected chi connectivity index (χ1v) is 7.31. The number of esters is 2. The lowest BCUT2D eigenvalue weighted by Gasteiger charge is -2.18. The van der Waals surface area contributed by atoms with Crippen LogP contribution in [-0.4, -0.2) is 34.1 Å². The number of carboxylic acids is 2. The summed E-state index contributed by atoms with van der Waals surface area (Å²) in [6.45, 7) is 0. The van der Waals surface area contributed by atoms with E-state index in [4.69, 9.17) is 4.74 Å². The lowest BCUT2D eigenvalue weighted by atomic mass is 9.80. The Kier molecular flexibility index (Phi) is 4.06. The van der Waals surface area contributed by atoms with Gasteiger partial charge in [0.05, 0.1) is 11.1 Å². The molecule has 7 heteroatoms. The van der Waals surface area contributed by atoms with Gasteiger partial charge in [0.1, 0.15) is 11.8 Å². The second-order valence-corrected chi connectivity index (χ2v) is 5.48. The van der Waals surface area contributed by atoms with Gasteiger partial charge in [-0.2, -0.15) is 0 Å². The normalized spacial score (nSPS) is 19.5. The summed E-state index contributed by atoms with van der Waals surface area (Å²) < 4.78 is 4.70. The number of carbonyl (C=O) groups excluding carboxylic acids is 2. The Bertz CT molecular complexity index is 826. The van der Waals surface area contributed by atoms with Crippen LogP contribution in [0.5, 0.6) is 0 Å². The van der Waals surface area contributed by atoms with Crippen LogP contribution >= 0.6 is 0 Å². The molecule has 1 aliphatic rings. The number of ether oxygens (including phenoxy) is 1. The van der Waals surface area contributed by atoms with Crippen molar-refractivity contribution in [1.29, 1.82) is 0 Å². The number of hydrogen-bond donors (Lipinski definition) is 2. The number of carboxylic acid groups (broad SMARTS) is 2. The van der Waals surface area contributed by atoms with Gasteiger partial charge in [0.25, 0.3) is 0 Å². The summed E-state index contributed by atoms with van der Waals surface area (Å²) >= 11 is 0. The Morgan fingerprint density at radius 1 is 0.720 bits per heavy atom. The maximum atomic E-state index is 12.2. The fourth-order valence-corrected chi connectivity index (χ4v) is 3.04. The van der Waals surface area contributed by atoms with Crippen LogP contribution in [0.4, 0.5) is 0 Å². The van der Waals surface area contributed by atoms with Gasteiger partial charge in [-0.25, -0.2) is 9.59 Å². The molecule has 1 heterocycles. The Morgan fingerprint density at radius 2 is 1.08 bits per heavy atom.